The van der Waals surface area contributed by atoms with Crippen LogP contribution in [0.15, 0.2) is 0 Å². The van der Waals surface area contributed by atoms with E-state index in [9.17, 15) is 15.0 Å². The molecule has 0 spiro atoms. The molecule has 0 saturated carbocycles. The molecule has 1 aliphatic rings. The molecule has 0 unspecified atom stereocenters. The van der Waals surface area contributed by atoms with E-state index in [4.69, 9.17) is 14.6 Å². The molecule has 100 valence electrons. The van der Waals surface area contributed by atoms with Crippen LogP contribution < -0.4 is 10.6 Å². The molecule has 0 bridgehead atoms. The van der Waals surface area contributed by atoms with Crippen LogP contribution in [0.25, 0.3) is 0 Å². The number of urea groups is 1. The van der Waals surface area contributed by atoms with E-state index in [-0.39, 0.29) is 0 Å². The van der Waals surface area contributed by atoms with Crippen molar-refractivity contribution in [1.82, 2.24) is 10.6 Å². The minimum atomic E-state index is -1.23. The van der Waals surface area contributed by atoms with Crippen LogP contribution in [0.2, 0.25) is 0 Å². The van der Waals surface area contributed by atoms with Gasteiger partial charge in [0.05, 0.1) is 12.6 Å². The minimum absolute atomic E-state index is 0.445. The van der Waals surface area contributed by atoms with E-state index in [2.05, 4.69) is 10.6 Å². The van der Waals surface area contributed by atoms with Gasteiger partial charge < -0.3 is 35.4 Å². The summed E-state index contributed by atoms with van der Waals surface area (Å²) in [6.07, 6.45) is -4.39. The Kier molecular flexibility index (Phi) is 5.09. The summed E-state index contributed by atoms with van der Waals surface area (Å²) in [5.74, 6) is 0. The molecule has 5 N–H and O–H groups in total. The van der Waals surface area contributed by atoms with Crippen LogP contribution in [0, 0.1) is 0 Å². The van der Waals surface area contributed by atoms with Crippen molar-refractivity contribution in [2.75, 3.05) is 20.8 Å². The lowest BCUT2D eigenvalue weighted by molar-refractivity contribution is -0.270. The number of hydrogen-bond acceptors (Lipinski definition) is 6. The third-order valence-corrected chi connectivity index (χ3v) is 2.64. The van der Waals surface area contributed by atoms with Crippen LogP contribution in [0.4, 0.5) is 4.79 Å². The van der Waals surface area contributed by atoms with Crippen LogP contribution in [0.5, 0.6) is 0 Å². The van der Waals surface area contributed by atoms with Crippen molar-refractivity contribution >= 4 is 6.03 Å². The number of nitrogens with one attached hydrogen (secondary N) is 2. The maximum absolute atomic E-state index is 11.2. The average molecular weight is 250 g/mol. The molecule has 0 aromatic heterocycles. The van der Waals surface area contributed by atoms with E-state index in [0.717, 1.165) is 0 Å². The highest BCUT2D eigenvalue weighted by molar-refractivity contribution is 5.74. The first-order valence-corrected chi connectivity index (χ1v) is 5.18. The lowest BCUT2D eigenvalue weighted by atomic mass is 9.96. The number of carbonyl (C=O) groups excluding carboxylic acids is 1. The van der Waals surface area contributed by atoms with E-state index in [0.29, 0.717) is 0 Å². The Morgan fingerprint density at radius 3 is 2.53 bits per heavy atom. The average Bonchev–Trinajstić information content (AvgIpc) is 2.34. The van der Waals surface area contributed by atoms with Crippen LogP contribution in [-0.4, -0.2) is 72.8 Å². The smallest absolute Gasteiger partial charge is 0.314 e. The lowest BCUT2D eigenvalue weighted by Crippen LogP contribution is -2.65. The maximum atomic E-state index is 11.2. The zero-order valence-corrected chi connectivity index (χ0v) is 9.66. The molecule has 1 aliphatic heterocycles. The summed E-state index contributed by atoms with van der Waals surface area (Å²) in [4.78, 5) is 11.2. The minimum Gasteiger partial charge on any atom is -0.394 e. The Hall–Kier alpha value is -0.930. The molecule has 1 saturated heterocycles. The van der Waals surface area contributed by atoms with Gasteiger partial charge in [0.25, 0.3) is 0 Å². The summed E-state index contributed by atoms with van der Waals surface area (Å²) in [6, 6.07) is -1.53. The summed E-state index contributed by atoms with van der Waals surface area (Å²) in [5, 5.41) is 33.3. The number of amides is 2. The molecule has 8 heteroatoms. The van der Waals surface area contributed by atoms with Crippen LogP contribution in [-0.2, 0) is 9.47 Å². The van der Waals surface area contributed by atoms with Crippen molar-refractivity contribution in [2.24, 2.45) is 0 Å². The van der Waals surface area contributed by atoms with E-state index >= 15 is 0 Å². The second-order valence-electron chi connectivity index (χ2n) is 3.69. The number of aliphatic hydroxyl groups is 3. The molecule has 1 heterocycles. The van der Waals surface area contributed by atoms with Gasteiger partial charge in [0.2, 0.25) is 0 Å². The first kappa shape index (κ1) is 14.1. The second kappa shape index (κ2) is 6.12. The molecular weight excluding hydrogens is 232 g/mol. The normalized spacial score (nSPS) is 37.6. The molecule has 0 aromatic rings. The number of hydrogen-bond donors (Lipinski definition) is 5. The number of carbonyl (C=O) groups is 1. The predicted molar refractivity (Wildman–Crippen MR) is 56.1 cm³/mol. The van der Waals surface area contributed by atoms with Gasteiger partial charge in [0.1, 0.15) is 18.3 Å². The van der Waals surface area contributed by atoms with E-state index in [1.807, 2.05) is 0 Å². The first-order valence-electron chi connectivity index (χ1n) is 5.18. The maximum Gasteiger partial charge on any atom is 0.314 e. The Bertz CT molecular complexity index is 248. The molecule has 0 aromatic carbocycles. The van der Waals surface area contributed by atoms with E-state index in [1.54, 1.807) is 0 Å². The molecular formula is C9H18N2O6. The summed E-state index contributed by atoms with van der Waals surface area (Å²) < 4.78 is 9.97. The highest BCUT2D eigenvalue weighted by Crippen LogP contribution is 2.21. The van der Waals surface area contributed by atoms with Crippen molar-refractivity contribution in [3.63, 3.8) is 0 Å². The summed E-state index contributed by atoms with van der Waals surface area (Å²) in [7, 11) is 2.72. The highest BCUT2D eigenvalue weighted by Gasteiger charge is 2.45. The van der Waals surface area contributed by atoms with Gasteiger partial charge in [-0.1, -0.05) is 0 Å². The van der Waals surface area contributed by atoms with E-state index in [1.165, 1.54) is 14.2 Å². The van der Waals surface area contributed by atoms with Crippen LogP contribution >= 0.6 is 0 Å². The van der Waals surface area contributed by atoms with Gasteiger partial charge in [-0.25, -0.2) is 4.79 Å². The summed E-state index contributed by atoms with van der Waals surface area (Å²) >= 11 is 0. The van der Waals surface area contributed by atoms with Gasteiger partial charge in [-0.15, -0.1) is 0 Å². The van der Waals surface area contributed by atoms with E-state index < -0.39 is 43.3 Å². The van der Waals surface area contributed by atoms with Gasteiger partial charge >= 0.3 is 6.03 Å². The standard InChI is InChI=1S/C9H18N2O6/c1-10-9(15)11-5-6(13)4(3-12)17-8(16-2)7(5)14/h4-8,12-14H,3H2,1-2H3,(H2,10,11,15)/t4-,5+,6-,7+,8+/m1/s1. The molecule has 1 rings (SSSR count). The molecule has 0 aliphatic carbocycles. The highest BCUT2D eigenvalue weighted by atomic mass is 16.7. The second-order valence-corrected chi connectivity index (χ2v) is 3.69. The van der Waals surface area contributed by atoms with Gasteiger partial charge in [0, 0.05) is 14.2 Å². The fourth-order valence-corrected chi connectivity index (χ4v) is 1.68. The molecule has 17 heavy (non-hydrogen) atoms. The lowest BCUT2D eigenvalue weighted by Gasteiger charge is -2.41. The topological polar surface area (TPSA) is 120 Å². The van der Waals surface area contributed by atoms with Gasteiger partial charge in [-0.05, 0) is 0 Å². The van der Waals surface area contributed by atoms with Crippen molar-refractivity contribution in [1.29, 1.82) is 0 Å². The van der Waals surface area contributed by atoms with Gasteiger partial charge in [0.15, 0.2) is 6.29 Å². The quantitative estimate of drug-likeness (QED) is 0.374. The molecule has 2 amide bonds. The predicted octanol–water partition coefficient (Wildman–Crippen LogP) is -2.63. The Labute approximate surface area is 98.5 Å². The molecule has 0 radical (unpaired) electrons. The first-order chi connectivity index (χ1) is 8.04. The monoisotopic (exact) mass is 250 g/mol. The number of aliphatic hydroxyl groups excluding tert-OH is 3. The molecule has 1 fully saturated rings. The van der Waals surface area contributed by atoms with Crippen molar-refractivity contribution in [3.05, 3.63) is 0 Å². The van der Waals surface area contributed by atoms with Gasteiger partial charge in [-0.3, -0.25) is 0 Å². The fourth-order valence-electron chi connectivity index (χ4n) is 1.68. The summed E-state index contributed by atoms with van der Waals surface area (Å²) in [6.45, 7) is -0.445. The zero-order valence-electron chi connectivity index (χ0n) is 9.66. The van der Waals surface area contributed by atoms with Crippen LogP contribution in [0.1, 0.15) is 0 Å². The Balaban J connectivity index is 2.77. The number of ether oxygens (including phenoxy) is 2. The largest absolute Gasteiger partial charge is 0.394 e. The summed E-state index contributed by atoms with van der Waals surface area (Å²) in [5.41, 5.74) is 0. The zero-order chi connectivity index (χ0) is 13.0. The molecule has 8 nitrogen and oxygen atoms in total. The van der Waals surface area contributed by atoms with Crippen LogP contribution in [0.3, 0.4) is 0 Å². The molecule has 5 atom stereocenters. The third kappa shape index (κ3) is 3.05. The fraction of sp³-hybridized carbons (Fsp3) is 0.889. The Morgan fingerprint density at radius 2 is 2.06 bits per heavy atom. The number of rotatable bonds is 3. The third-order valence-electron chi connectivity index (χ3n) is 2.64. The van der Waals surface area contributed by atoms with Crippen molar-refractivity contribution in [3.8, 4) is 0 Å². The van der Waals surface area contributed by atoms with Crippen molar-refractivity contribution < 1.29 is 29.6 Å². The van der Waals surface area contributed by atoms with Crippen molar-refractivity contribution in [2.45, 2.75) is 30.6 Å². The number of methoxy groups -OCH3 is 1. The SMILES string of the molecule is CNC(=O)N[C@@H]1[C@H](O)[C@@H](OC)O[C@H](CO)[C@H]1O. The van der Waals surface area contributed by atoms with Gasteiger partial charge in [-0.2, -0.15) is 0 Å². The Morgan fingerprint density at radius 1 is 1.41 bits per heavy atom.